The molecule has 1 saturated heterocycles. The van der Waals surface area contributed by atoms with E-state index in [4.69, 9.17) is 4.98 Å². The minimum atomic E-state index is 0.263. The van der Waals surface area contributed by atoms with Crippen molar-refractivity contribution in [3.05, 3.63) is 22.7 Å². The number of pyridine rings is 1. The molecule has 1 N–H and O–H groups in total. The van der Waals surface area contributed by atoms with Gasteiger partial charge in [-0.05, 0) is 35.8 Å². The summed E-state index contributed by atoms with van der Waals surface area (Å²) in [6.45, 7) is 5.34. The maximum atomic E-state index is 4.74. The molecule has 3 heterocycles. The highest BCUT2D eigenvalue weighted by molar-refractivity contribution is 9.10. The van der Waals surface area contributed by atoms with Crippen LogP contribution in [-0.4, -0.2) is 25.9 Å². The van der Waals surface area contributed by atoms with Crippen molar-refractivity contribution in [2.75, 3.05) is 6.61 Å². The van der Waals surface area contributed by atoms with E-state index in [1.54, 1.807) is 0 Å². The molecular formula is C13H17BrN3O+. The average molecular weight is 311 g/mol. The lowest BCUT2D eigenvalue weighted by molar-refractivity contribution is -0.0669. The van der Waals surface area contributed by atoms with E-state index in [1.807, 2.05) is 12.3 Å². The van der Waals surface area contributed by atoms with Gasteiger partial charge in [-0.15, -0.1) is 0 Å². The SMILES string of the molecule is CC(C)n1c(C2CCC[OH+]2)nc2cnc(Br)cc21. The molecule has 96 valence electrons. The predicted molar refractivity (Wildman–Crippen MR) is 74.7 cm³/mol. The second-order valence-corrected chi connectivity index (χ2v) is 5.81. The van der Waals surface area contributed by atoms with Crippen LogP contribution in [0.3, 0.4) is 0 Å². The van der Waals surface area contributed by atoms with Gasteiger partial charge in [0.15, 0.2) is 5.82 Å². The molecule has 18 heavy (non-hydrogen) atoms. The quantitative estimate of drug-likeness (QED) is 0.632. The minimum Gasteiger partial charge on any atom is -0.426 e. The normalized spacial score (nSPS) is 20.1. The zero-order valence-corrected chi connectivity index (χ0v) is 12.2. The van der Waals surface area contributed by atoms with Crippen molar-refractivity contribution in [3.63, 3.8) is 0 Å². The number of ether oxygens (including phenoxy) is 1. The summed E-state index contributed by atoms with van der Waals surface area (Å²) in [7, 11) is 0. The molecule has 4 nitrogen and oxygen atoms in total. The molecule has 1 aliphatic rings. The van der Waals surface area contributed by atoms with Crippen LogP contribution in [0.5, 0.6) is 0 Å². The Morgan fingerprint density at radius 3 is 3.00 bits per heavy atom. The zero-order valence-electron chi connectivity index (χ0n) is 10.6. The summed E-state index contributed by atoms with van der Waals surface area (Å²) < 4.78 is 7.80. The molecule has 0 aromatic carbocycles. The van der Waals surface area contributed by atoms with Crippen LogP contribution in [0.1, 0.15) is 44.7 Å². The fourth-order valence-electron chi connectivity index (χ4n) is 2.60. The maximum absolute atomic E-state index is 4.74. The highest BCUT2D eigenvalue weighted by atomic mass is 79.9. The van der Waals surface area contributed by atoms with Gasteiger partial charge in [-0.1, -0.05) is 0 Å². The molecule has 1 aliphatic heterocycles. The molecule has 0 aliphatic carbocycles. The number of aromatic nitrogens is 3. The van der Waals surface area contributed by atoms with Crippen LogP contribution in [0.2, 0.25) is 0 Å². The van der Waals surface area contributed by atoms with E-state index in [9.17, 15) is 0 Å². The lowest BCUT2D eigenvalue weighted by atomic mass is 10.2. The minimum absolute atomic E-state index is 0.263. The molecule has 1 unspecified atom stereocenters. The van der Waals surface area contributed by atoms with Crippen molar-refractivity contribution in [2.45, 2.75) is 38.8 Å². The first-order valence-corrected chi connectivity index (χ1v) is 7.16. The van der Waals surface area contributed by atoms with E-state index in [1.165, 1.54) is 6.42 Å². The van der Waals surface area contributed by atoms with E-state index in [0.29, 0.717) is 6.04 Å². The number of rotatable bonds is 2. The summed E-state index contributed by atoms with van der Waals surface area (Å²) in [6.07, 6.45) is 4.38. The first-order chi connectivity index (χ1) is 8.66. The second-order valence-electron chi connectivity index (χ2n) is 4.99. The molecule has 1 atom stereocenters. The molecule has 0 bridgehead atoms. The highest BCUT2D eigenvalue weighted by Gasteiger charge is 2.29. The Kier molecular flexibility index (Phi) is 3.11. The number of aliphatic hydroxyl groups is 2. The van der Waals surface area contributed by atoms with E-state index in [0.717, 1.165) is 34.5 Å². The first kappa shape index (κ1) is 12.1. The monoisotopic (exact) mass is 310 g/mol. The number of hydrogen-bond acceptors (Lipinski definition) is 2. The number of hydrogen-bond donors (Lipinski definition) is 0. The van der Waals surface area contributed by atoms with Crippen LogP contribution in [0.15, 0.2) is 16.9 Å². The highest BCUT2D eigenvalue weighted by Crippen LogP contribution is 2.31. The lowest BCUT2D eigenvalue weighted by Gasteiger charge is -2.14. The van der Waals surface area contributed by atoms with Crippen LogP contribution >= 0.6 is 15.9 Å². The topological polar surface area (TPSA) is 43.5 Å². The predicted octanol–water partition coefficient (Wildman–Crippen LogP) is 3.14. The Balaban J connectivity index is 2.20. The molecule has 5 heteroatoms. The van der Waals surface area contributed by atoms with Crippen molar-refractivity contribution in [2.24, 2.45) is 0 Å². The van der Waals surface area contributed by atoms with Crippen LogP contribution in [-0.2, 0) is 0 Å². The molecule has 0 amide bonds. The Morgan fingerprint density at radius 1 is 1.50 bits per heavy atom. The number of imidazole rings is 1. The molecule has 0 saturated carbocycles. The van der Waals surface area contributed by atoms with Gasteiger partial charge in [-0.2, -0.15) is 0 Å². The van der Waals surface area contributed by atoms with E-state index >= 15 is 0 Å². The molecule has 1 fully saturated rings. The number of halogens is 1. The molecule has 0 radical (unpaired) electrons. The van der Waals surface area contributed by atoms with Crippen LogP contribution in [0.25, 0.3) is 11.0 Å². The largest absolute Gasteiger partial charge is 0.426 e. The summed E-state index contributed by atoms with van der Waals surface area (Å²) >= 11 is 3.43. The van der Waals surface area contributed by atoms with Gasteiger partial charge in [0, 0.05) is 18.9 Å². The van der Waals surface area contributed by atoms with Gasteiger partial charge in [0.1, 0.15) is 16.7 Å². The third-order valence-electron chi connectivity index (χ3n) is 3.37. The van der Waals surface area contributed by atoms with Gasteiger partial charge in [0.05, 0.1) is 11.7 Å². The van der Waals surface area contributed by atoms with Crippen molar-refractivity contribution < 1.29 is 4.74 Å². The van der Waals surface area contributed by atoms with Gasteiger partial charge in [0.25, 0.3) is 0 Å². The number of fused-ring (bicyclic) bond motifs is 1. The smallest absolute Gasteiger partial charge is 0.214 e. The fraction of sp³-hybridized carbons (Fsp3) is 0.538. The van der Waals surface area contributed by atoms with Crippen molar-refractivity contribution in [3.8, 4) is 0 Å². The third-order valence-corrected chi connectivity index (χ3v) is 3.80. The molecular weight excluding hydrogens is 294 g/mol. The number of nitrogens with zero attached hydrogens (tertiary/aromatic N) is 3. The summed E-state index contributed by atoms with van der Waals surface area (Å²) in [5, 5.41) is 0. The van der Waals surface area contributed by atoms with E-state index in [-0.39, 0.29) is 6.10 Å². The fourth-order valence-corrected chi connectivity index (χ4v) is 2.92. The Hall–Kier alpha value is -0.940. The van der Waals surface area contributed by atoms with Gasteiger partial charge in [-0.25, -0.2) is 9.97 Å². The Labute approximate surface area is 115 Å². The lowest BCUT2D eigenvalue weighted by Crippen LogP contribution is -2.12. The summed E-state index contributed by atoms with van der Waals surface area (Å²) in [5.41, 5.74) is 2.10. The van der Waals surface area contributed by atoms with Gasteiger partial charge < -0.3 is 9.30 Å². The average Bonchev–Trinajstić information content (AvgIpc) is 2.94. The van der Waals surface area contributed by atoms with Gasteiger partial charge in [0.2, 0.25) is 6.10 Å². The maximum Gasteiger partial charge on any atom is 0.214 e. The molecule has 0 spiro atoms. The van der Waals surface area contributed by atoms with Crippen molar-refractivity contribution >= 4 is 27.0 Å². The van der Waals surface area contributed by atoms with Crippen molar-refractivity contribution in [1.82, 2.24) is 14.5 Å². The first-order valence-electron chi connectivity index (χ1n) is 6.37. The van der Waals surface area contributed by atoms with E-state index < -0.39 is 0 Å². The zero-order chi connectivity index (χ0) is 12.7. The van der Waals surface area contributed by atoms with Crippen LogP contribution < -0.4 is 0 Å². The van der Waals surface area contributed by atoms with Gasteiger partial charge in [-0.3, -0.25) is 0 Å². The van der Waals surface area contributed by atoms with Gasteiger partial charge >= 0.3 is 0 Å². The Morgan fingerprint density at radius 2 is 2.33 bits per heavy atom. The van der Waals surface area contributed by atoms with E-state index in [2.05, 4.69) is 44.1 Å². The third kappa shape index (κ3) is 1.95. The van der Waals surface area contributed by atoms with Crippen molar-refractivity contribution in [1.29, 1.82) is 0 Å². The summed E-state index contributed by atoms with van der Waals surface area (Å²) in [4.78, 5) is 9.00. The molecule has 2 aromatic heterocycles. The standard InChI is InChI=1S/C13H16BrN3O/c1-8(2)17-10-6-12(14)15-7-9(10)16-13(17)11-4-3-5-18-11/h6-8,11H,3-5H2,1-2H3/p+1. The Bertz CT molecular complexity index is 573. The van der Waals surface area contributed by atoms with Crippen LogP contribution in [0.4, 0.5) is 0 Å². The second kappa shape index (κ2) is 4.63. The molecule has 3 rings (SSSR count). The summed E-state index contributed by atoms with van der Waals surface area (Å²) in [5.74, 6) is 1.09. The molecule has 2 aromatic rings. The van der Waals surface area contributed by atoms with Crippen LogP contribution in [0, 0.1) is 0 Å². The summed E-state index contributed by atoms with van der Waals surface area (Å²) in [6, 6.07) is 2.43.